The number of rotatable bonds is 6. The van der Waals surface area contributed by atoms with Crippen molar-refractivity contribution >= 4 is 0 Å². The van der Waals surface area contributed by atoms with Crippen LogP contribution in [0.25, 0.3) is 0 Å². The first-order valence-corrected chi connectivity index (χ1v) is 5.52. The summed E-state index contributed by atoms with van der Waals surface area (Å²) < 4.78 is 5.52. The molecule has 0 spiro atoms. The fraction of sp³-hybridized carbons (Fsp3) is 0.462. The lowest BCUT2D eigenvalue weighted by Gasteiger charge is -2.09. The molecule has 0 saturated carbocycles. The van der Waals surface area contributed by atoms with Crippen molar-refractivity contribution in [3.63, 3.8) is 0 Å². The molecule has 0 aliphatic heterocycles. The number of nitrogens with zero attached hydrogens (tertiary/aromatic N) is 1. The summed E-state index contributed by atoms with van der Waals surface area (Å²) in [6, 6.07) is 9.55. The minimum Gasteiger partial charge on any atom is -0.494 e. The van der Waals surface area contributed by atoms with Crippen molar-refractivity contribution in [3.05, 3.63) is 29.8 Å². The van der Waals surface area contributed by atoms with E-state index < -0.39 is 6.10 Å². The monoisotopic (exact) mass is 219 g/mol. The second-order valence-corrected chi connectivity index (χ2v) is 3.71. The molecule has 0 aliphatic carbocycles. The number of hydrogen-bond acceptors (Lipinski definition) is 3. The van der Waals surface area contributed by atoms with Gasteiger partial charge in [0, 0.05) is 6.42 Å². The summed E-state index contributed by atoms with van der Waals surface area (Å²) in [5, 5.41) is 17.8. The molecule has 1 unspecified atom stereocenters. The lowest BCUT2D eigenvalue weighted by atomic mass is 10.1. The second kappa shape index (κ2) is 6.86. The number of aliphatic hydroxyl groups is 1. The molecular formula is C13H17NO2. The van der Waals surface area contributed by atoms with Gasteiger partial charge in [-0.05, 0) is 37.5 Å². The molecule has 0 amide bonds. The van der Waals surface area contributed by atoms with E-state index in [-0.39, 0.29) is 0 Å². The van der Waals surface area contributed by atoms with E-state index in [1.807, 2.05) is 24.3 Å². The standard InChI is InChI=1S/C13H17NO2/c1-11(15)12-6-5-7-13(10-12)16-9-4-2-3-8-14/h5-7,10-11,15H,2-4,9H2,1H3. The van der Waals surface area contributed by atoms with Crippen LogP contribution in [0, 0.1) is 11.3 Å². The molecule has 1 aromatic carbocycles. The topological polar surface area (TPSA) is 53.2 Å². The van der Waals surface area contributed by atoms with Crippen LogP contribution in [-0.2, 0) is 0 Å². The lowest BCUT2D eigenvalue weighted by Crippen LogP contribution is -1.98. The van der Waals surface area contributed by atoms with E-state index in [0.717, 1.165) is 24.2 Å². The number of aliphatic hydroxyl groups excluding tert-OH is 1. The quantitative estimate of drug-likeness (QED) is 0.748. The maximum absolute atomic E-state index is 9.40. The molecule has 3 heteroatoms. The molecule has 0 heterocycles. The zero-order valence-corrected chi connectivity index (χ0v) is 9.52. The van der Waals surface area contributed by atoms with Crippen LogP contribution in [0.3, 0.4) is 0 Å². The largest absolute Gasteiger partial charge is 0.494 e. The van der Waals surface area contributed by atoms with Crippen molar-refractivity contribution in [2.24, 2.45) is 0 Å². The molecule has 0 aromatic heterocycles. The maximum atomic E-state index is 9.40. The number of benzene rings is 1. The van der Waals surface area contributed by atoms with Crippen LogP contribution >= 0.6 is 0 Å². The molecule has 1 atom stereocenters. The highest BCUT2D eigenvalue weighted by molar-refractivity contribution is 5.29. The van der Waals surface area contributed by atoms with Crippen molar-refractivity contribution < 1.29 is 9.84 Å². The Morgan fingerprint density at radius 2 is 2.25 bits per heavy atom. The van der Waals surface area contributed by atoms with Crippen molar-refractivity contribution in [2.75, 3.05) is 6.61 Å². The highest BCUT2D eigenvalue weighted by Crippen LogP contribution is 2.18. The van der Waals surface area contributed by atoms with Gasteiger partial charge in [-0.2, -0.15) is 5.26 Å². The summed E-state index contributed by atoms with van der Waals surface area (Å²) in [7, 11) is 0. The van der Waals surface area contributed by atoms with Gasteiger partial charge in [-0.25, -0.2) is 0 Å². The van der Waals surface area contributed by atoms with E-state index in [4.69, 9.17) is 10.00 Å². The number of hydrogen-bond donors (Lipinski definition) is 1. The Morgan fingerprint density at radius 1 is 1.44 bits per heavy atom. The van der Waals surface area contributed by atoms with E-state index in [1.54, 1.807) is 6.92 Å². The summed E-state index contributed by atoms with van der Waals surface area (Å²) >= 11 is 0. The summed E-state index contributed by atoms with van der Waals surface area (Å²) in [5.41, 5.74) is 0.856. The Labute approximate surface area is 96.3 Å². The molecule has 16 heavy (non-hydrogen) atoms. The average Bonchev–Trinajstić information content (AvgIpc) is 2.29. The fourth-order valence-electron chi connectivity index (χ4n) is 1.36. The molecule has 0 radical (unpaired) electrons. The Morgan fingerprint density at radius 3 is 2.94 bits per heavy atom. The van der Waals surface area contributed by atoms with Gasteiger partial charge in [-0.3, -0.25) is 0 Å². The predicted molar refractivity (Wildman–Crippen MR) is 62.0 cm³/mol. The van der Waals surface area contributed by atoms with Crippen molar-refractivity contribution in [1.82, 2.24) is 0 Å². The van der Waals surface area contributed by atoms with Crippen LogP contribution in [0.15, 0.2) is 24.3 Å². The van der Waals surface area contributed by atoms with Crippen molar-refractivity contribution in [1.29, 1.82) is 5.26 Å². The van der Waals surface area contributed by atoms with Gasteiger partial charge in [0.15, 0.2) is 0 Å². The van der Waals surface area contributed by atoms with E-state index >= 15 is 0 Å². The van der Waals surface area contributed by atoms with Gasteiger partial charge in [0.1, 0.15) is 5.75 Å². The molecule has 0 bridgehead atoms. The van der Waals surface area contributed by atoms with Crippen LogP contribution in [0.4, 0.5) is 0 Å². The average molecular weight is 219 g/mol. The molecule has 0 saturated heterocycles. The van der Waals surface area contributed by atoms with Crippen LogP contribution in [0.5, 0.6) is 5.75 Å². The second-order valence-electron chi connectivity index (χ2n) is 3.71. The number of unbranched alkanes of at least 4 members (excludes halogenated alkanes) is 2. The fourth-order valence-corrected chi connectivity index (χ4v) is 1.36. The molecule has 86 valence electrons. The third kappa shape index (κ3) is 4.33. The molecule has 3 nitrogen and oxygen atoms in total. The lowest BCUT2D eigenvalue weighted by molar-refractivity contribution is 0.198. The van der Waals surface area contributed by atoms with Crippen molar-refractivity contribution in [2.45, 2.75) is 32.3 Å². The minimum atomic E-state index is -0.470. The van der Waals surface area contributed by atoms with Crippen LogP contribution in [-0.4, -0.2) is 11.7 Å². The van der Waals surface area contributed by atoms with Gasteiger partial charge < -0.3 is 9.84 Å². The zero-order chi connectivity index (χ0) is 11.8. The van der Waals surface area contributed by atoms with Crippen molar-refractivity contribution in [3.8, 4) is 11.8 Å². The first-order chi connectivity index (χ1) is 7.74. The molecule has 1 rings (SSSR count). The number of nitriles is 1. The summed E-state index contributed by atoms with van der Waals surface area (Å²) in [5.74, 6) is 0.773. The van der Waals surface area contributed by atoms with E-state index in [9.17, 15) is 5.11 Å². The van der Waals surface area contributed by atoms with Gasteiger partial charge in [0.05, 0.1) is 18.8 Å². The smallest absolute Gasteiger partial charge is 0.119 e. The van der Waals surface area contributed by atoms with E-state index in [0.29, 0.717) is 13.0 Å². The first-order valence-electron chi connectivity index (χ1n) is 5.52. The van der Waals surface area contributed by atoms with Gasteiger partial charge in [-0.15, -0.1) is 0 Å². The summed E-state index contributed by atoms with van der Waals surface area (Å²) in [6.45, 7) is 2.34. The SMILES string of the molecule is CC(O)c1cccc(OCCCCC#N)c1. The summed E-state index contributed by atoms with van der Waals surface area (Å²) in [6.07, 6.45) is 1.86. The molecular weight excluding hydrogens is 202 g/mol. The normalized spacial score (nSPS) is 11.8. The Kier molecular flexibility index (Phi) is 5.38. The third-order valence-corrected chi connectivity index (χ3v) is 2.29. The molecule has 0 fully saturated rings. The third-order valence-electron chi connectivity index (χ3n) is 2.29. The van der Waals surface area contributed by atoms with Gasteiger partial charge in [-0.1, -0.05) is 12.1 Å². The van der Waals surface area contributed by atoms with Gasteiger partial charge >= 0.3 is 0 Å². The minimum absolute atomic E-state index is 0.470. The predicted octanol–water partition coefficient (Wildman–Crippen LogP) is 2.81. The Hall–Kier alpha value is -1.53. The maximum Gasteiger partial charge on any atom is 0.119 e. The molecule has 1 aromatic rings. The van der Waals surface area contributed by atoms with Crippen LogP contribution in [0.2, 0.25) is 0 Å². The van der Waals surface area contributed by atoms with E-state index in [1.165, 1.54) is 0 Å². The summed E-state index contributed by atoms with van der Waals surface area (Å²) in [4.78, 5) is 0. The van der Waals surface area contributed by atoms with Crippen LogP contribution in [0.1, 0.15) is 37.9 Å². The Balaban J connectivity index is 2.37. The van der Waals surface area contributed by atoms with Gasteiger partial charge in [0.2, 0.25) is 0 Å². The first kappa shape index (κ1) is 12.5. The Bertz CT molecular complexity index is 355. The van der Waals surface area contributed by atoms with Crippen LogP contribution < -0.4 is 4.74 Å². The van der Waals surface area contributed by atoms with E-state index in [2.05, 4.69) is 6.07 Å². The molecule has 0 aliphatic rings. The zero-order valence-electron chi connectivity index (χ0n) is 9.52. The highest BCUT2D eigenvalue weighted by Gasteiger charge is 2.01. The highest BCUT2D eigenvalue weighted by atomic mass is 16.5. The molecule has 1 N–H and O–H groups in total. The van der Waals surface area contributed by atoms with Gasteiger partial charge in [0.25, 0.3) is 0 Å². The number of ether oxygens (including phenoxy) is 1.